The molecule has 31 heteroatoms. The molecule has 6 rings (SSSR count). The van der Waals surface area contributed by atoms with Gasteiger partial charge in [0.1, 0.15) is 9.79 Å². The molecule has 0 saturated carbocycles. The number of urea groups is 1. The van der Waals surface area contributed by atoms with E-state index in [1.807, 2.05) is 0 Å². The first-order chi connectivity index (χ1) is 30.2. The average Bonchev–Trinajstić information content (AvgIpc) is 3.18. The lowest BCUT2D eigenvalue weighted by atomic mass is 10.1. The number of imide groups is 2. The van der Waals surface area contributed by atoms with E-state index in [9.17, 15) is 92.2 Å². The van der Waals surface area contributed by atoms with Crippen LogP contribution in [0.1, 0.15) is 20.7 Å². The summed E-state index contributed by atoms with van der Waals surface area (Å²) in [6, 6.07) is 11.7. The molecule has 0 atom stereocenters. The van der Waals surface area contributed by atoms with Crippen LogP contribution in [-0.2, 0) is 60.7 Å². The van der Waals surface area contributed by atoms with Crippen LogP contribution in [0.15, 0.2) is 126 Å². The summed E-state index contributed by atoms with van der Waals surface area (Å²) in [6.45, 7) is 0. The fraction of sp³-hybridized carbons (Fsp3) is 0. The Morgan fingerprint density at radius 1 is 0.348 bits per heavy atom. The molecule has 0 bridgehead atoms. The summed E-state index contributed by atoms with van der Waals surface area (Å²) in [6.07, 6.45) is 0. The third-order valence-electron chi connectivity index (χ3n) is 9.02. The van der Waals surface area contributed by atoms with Gasteiger partial charge in [0.05, 0.1) is 31.0 Å². The normalized spacial score (nSPS) is 12.7. The van der Waals surface area contributed by atoms with Crippen molar-refractivity contribution in [2.45, 2.75) is 29.4 Å². The molecule has 0 aromatic heterocycles. The molecule has 0 heterocycles. The predicted octanol–water partition coefficient (Wildman–Crippen LogP) is 3.24. The topological polar surface area (TPSA) is 426 Å². The van der Waals surface area contributed by atoms with E-state index in [1.165, 1.54) is 0 Å². The number of amides is 4. The zero-order valence-electron chi connectivity index (χ0n) is 32.0. The summed E-state index contributed by atoms with van der Waals surface area (Å²) in [4.78, 5) is 33.7. The first kappa shape index (κ1) is 49.0. The summed E-state index contributed by atoms with van der Waals surface area (Å²) in [5.41, 5.74) is -3.10. The van der Waals surface area contributed by atoms with E-state index >= 15 is 0 Å². The average molecular weight is 1030 g/mol. The van der Waals surface area contributed by atoms with E-state index in [1.54, 1.807) is 10.6 Å². The summed E-state index contributed by atoms with van der Waals surface area (Å²) >= 11 is 0. The molecule has 0 fully saturated rings. The van der Waals surface area contributed by atoms with Crippen molar-refractivity contribution in [3.05, 3.63) is 108 Å². The van der Waals surface area contributed by atoms with Crippen molar-refractivity contribution < 1.29 is 92.2 Å². The number of hydrogen-bond donors (Lipinski definition) is 10. The molecule has 0 aliphatic carbocycles. The van der Waals surface area contributed by atoms with Crippen molar-refractivity contribution in [3.8, 4) is 0 Å². The van der Waals surface area contributed by atoms with Crippen molar-refractivity contribution in [2.75, 3.05) is 10.6 Å². The van der Waals surface area contributed by atoms with Crippen LogP contribution in [0.2, 0.25) is 0 Å². The van der Waals surface area contributed by atoms with E-state index in [-0.39, 0.29) is 32.9 Å². The van der Waals surface area contributed by atoms with Crippen molar-refractivity contribution in [1.82, 2.24) is 10.6 Å². The third-order valence-corrected chi connectivity index (χ3v) is 14.2. The fourth-order valence-corrected chi connectivity index (χ4v) is 9.56. The van der Waals surface area contributed by atoms with Crippen LogP contribution in [0, 0.1) is 0 Å². The Bertz CT molecular complexity index is 3570. The highest BCUT2D eigenvalue weighted by atomic mass is 32.2. The standard InChI is InChI=1S/C35H26N4O21S6/c40-33(17-1-7-27(31(13-17)65(55,56)57)36-29-15-23(63(49,50)51)11-19-9-21(61(43,44)45)3-5-25(19)29)38-35(42)39-34(41)18-2-8-28(32(14-18)66(58,59)60)37-30-16-24(64(52,53)54)12-20-10-22(62(46,47)48)4-6-26(20)30/h1-16,36-37H,(H,43,44,45)(H,46,47,48)(H,49,50,51)(H,52,53,54)(H,55,56,57)(H,58,59,60)(H2,38,39,40,41,42). The molecule has 0 aliphatic rings. The number of carbonyl (C=O) groups excluding carboxylic acids is 3. The maximum atomic E-state index is 13.1. The zero-order valence-corrected chi connectivity index (χ0v) is 36.9. The Morgan fingerprint density at radius 3 is 0.970 bits per heavy atom. The molecule has 10 N–H and O–H groups in total. The molecule has 0 unspecified atom stereocenters. The Labute approximate surface area is 372 Å². The van der Waals surface area contributed by atoms with Crippen molar-refractivity contribution in [3.63, 3.8) is 0 Å². The van der Waals surface area contributed by atoms with Crippen molar-refractivity contribution >= 4 is 123 Å². The molecule has 25 nitrogen and oxygen atoms in total. The second kappa shape index (κ2) is 17.1. The second-order valence-electron chi connectivity index (χ2n) is 13.5. The minimum absolute atomic E-state index is 0.0212. The van der Waals surface area contributed by atoms with Crippen LogP contribution in [0.3, 0.4) is 0 Å². The highest BCUT2D eigenvalue weighted by molar-refractivity contribution is 7.87. The zero-order chi connectivity index (χ0) is 49.1. The van der Waals surface area contributed by atoms with Crippen LogP contribution >= 0.6 is 0 Å². The first-order valence-electron chi connectivity index (χ1n) is 17.2. The molecule has 6 aromatic rings. The molecule has 66 heavy (non-hydrogen) atoms. The van der Waals surface area contributed by atoms with Gasteiger partial charge >= 0.3 is 6.03 Å². The van der Waals surface area contributed by atoms with Crippen LogP contribution in [0.5, 0.6) is 0 Å². The van der Waals surface area contributed by atoms with E-state index in [0.717, 1.165) is 84.9 Å². The molecule has 0 aliphatic heterocycles. The largest absolute Gasteiger partial charge is 0.354 e. The van der Waals surface area contributed by atoms with Gasteiger partial charge in [0, 0.05) is 33.3 Å². The summed E-state index contributed by atoms with van der Waals surface area (Å²) in [5.74, 6) is -2.84. The minimum atomic E-state index is -5.30. The lowest BCUT2D eigenvalue weighted by Gasteiger charge is -2.16. The lowest BCUT2D eigenvalue weighted by molar-refractivity contribution is 0.0944. The number of benzene rings is 6. The van der Waals surface area contributed by atoms with Crippen LogP contribution in [0.25, 0.3) is 21.5 Å². The quantitative estimate of drug-likeness (QED) is 0.0786. The highest BCUT2D eigenvalue weighted by Gasteiger charge is 2.25. The summed E-state index contributed by atoms with van der Waals surface area (Å²) < 4.78 is 203. The second-order valence-corrected chi connectivity index (χ2v) is 21.9. The van der Waals surface area contributed by atoms with E-state index in [4.69, 9.17) is 0 Å². The van der Waals surface area contributed by atoms with Gasteiger partial charge in [-0.15, -0.1) is 0 Å². The third kappa shape index (κ3) is 10.9. The Morgan fingerprint density at radius 2 is 0.667 bits per heavy atom. The van der Waals surface area contributed by atoms with Crippen molar-refractivity contribution in [2.24, 2.45) is 0 Å². The van der Waals surface area contributed by atoms with Crippen LogP contribution in [-0.4, -0.2) is 95.7 Å². The molecule has 0 radical (unpaired) electrons. The predicted molar refractivity (Wildman–Crippen MR) is 227 cm³/mol. The molecular formula is C35H26N4O21S6. The van der Waals surface area contributed by atoms with Crippen molar-refractivity contribution in [1.29, 1.82) is 0 Å². The maximum Gasteiger partial charge on any atom is 0.328 e. The van der Waals surface area contributed by atoms with Gasteiger partial charge in [-0.25, -0.2) is 4.79 Å². The summed E-state index contributed by atoms with van der Waals surface area (Å²) in [7, 11) is -30.3. The van der Waals surface area contributed by atoms with Gasteiger partial charge in [-0.05, 0) is 95.7 Å². The van der Waals surface area contributed by atoms with Crippen LogP contribution < -0.4 is 21.3 Å². The molecule has 0 saturated heterocycles. The monoisotopic (exact) mass is 1030 g/mol. The number of carbonyl (C=O) groups is 3. The molecule has 6 aromatic carbocycles. The number of anilines is 4. The van der Waals surface area contributed by atoms with Gasteiger partial charge in [-0.1, -0.05) is 12.1 Å². The molecule has 0 spiro atoms. The fourth-order valence-electron chi connectivity index (χ4n) is 6.10. The van der Waals surface area contributed by atoms with Gasteiger partial charge in [0.2, 0.25) is 0 Å². The summed E-state index contributed by atoms with van der Waals surface area (Å²) in [5, 5.41) is 7.85. The highest BCUT2D eigenvalue weighted by Crippen LogP contribution is 2.36. The van der Waals surface area contributed by atoms with Crippen LogP contribution in [0.4, 0.5) is 27.5 Å². The van der Waals surface area contributed by atoms with E-state index < -0.39 is 130 Å². The smallest absolute Gasteiger partial charge is 0.328 e. The van der Waals surface area contributed by atoms with Gasteiger partial charge in [-0.3, -0.25) is 47.5 Å². The molecule has 4 amide bonds. The Hall–Kier alpha value is -6.49. The lowest BCUT2D eigenvalue weighted by Crippen LogP contribution is -2.42. The molecular weight excluding hydrogens is 1000 g/mol. The van der Waals surface area contributed by atoms with Gasteiger partial charge < -0.3 is 10.6 Å². The number of fused-ring (bicyclic) bond motifs is 2. The van der Waals surface area contributed by atoms with Gasteiger partial charge in [0.25, 0.3) is 72.5 Å². The van der Waals surface area contributed by atoms with Gasteiger partial charge in [-0.2, -0.15) is 50.5 Å². The van der Waals surface area contributed by atoms with E-state index in [2.05, 4.69) is 10.6 Å². The molecule has 348 valence electrons. The maximum absolute atomic E-state index is 13.1. The number of rotatable bonds is 12. The van der Waals surface area contributed by atoms with Gasteiger partial charge in [0.15, 0.2) is 0 Å². The Balaban J connectivity index is 1.26. The number of hydrogen-bond acceptors (Lipinski definition) is 17. The first-order valence-corrected chi connectivity index (χ1v) is 25.8. The SMILES string of the molecule is O=C(NC(=O)c1ccc(Nc2cc(S(=O)(=O)O)cc3cc(S(=O)(=O)O)ccc23)c(S(=O)(=O)O)c1)NC(=O)c1ccc(Nc2cc(S(=O)(=O)O)cc3cc(S(=O)(=O)O)ccc23)c(S(=O)(=O)O)c1. The Kier molecular flexibility index (Phi) is 12.7. The number of nitrogens with one attached hydrogen (secondary N) is 4. The minimum Gasteiger partial charge on any atom is -0.354 e. The van der Waals surface area contributed by atoms with E-state index in [0.29, 0.717) is 12.1 Å².